The first-order valence-corrected chi connectivity index (χ1v) is 23.6. The molecule has 7 rings (SSSR count). The summed E-state index contributed by atoms with van der Waals surface area (Å²) in [6.07, 6.45) is 8.84. The molecule has 16 heteroatoms. The minimum Gasteiger partial charge on any atom is -0.361 e. The van der Waals surface area contributed by atoms with E-state index in [1.807, 2.05) is 78.3 Å². The highest BCUT2D eigenvalue weighted by Crippen LogP contribution is 2.28. The standard InChI is InChI=1S/C48H60N8O7S/c1-30(57)51-38(25-31-13-4-2-5-14-31)44(59)52-37-20-10-22-49-43(58)41(28-34-17-12-24-64-34)54-46(61)40(27-33-29-50-36-19-9-8-18-35(33)36)53-45(60)39(26-32-15-6-3-7-16-32)55-47(62)42-21-11-23-56(42)48(37)63/h2,4-5,8-9,12-14,17-19,24,29,32,37-42,50H,3,6-7,10-11,15-16,20-23,25-28H2,1H3,(H,49,58)(H,51,57)(H,52,59)(H,53,60)(H,54,61)(H,55,62)/t37-,38-,39+,40-,41-,42-/m0/s1. The van der Waals surface area contributed by atoms with E-state index >= 15 is 0 Å². The molecule has 0 spiro atoms. The first-order chi connectivity index (χ1) is 31.0. The fourth-order valence-electron chi connectivity index (χ4n) is 9.35. The van der Waals surface area contributed by atoms with E-state index in [0.717, 1.165) is 59.0 Å². The Labute approximate surface area is 377 Å². The summed E-state index contributed by atoms with van der Waals surface area (Å²) in [7, 11) is 0. The highest BCUT2D eigenvalue weighted by molar-refractivity contribution is 7.09. The summed E-state index contributed by atoms with van der Waals surface area (Å²) in [6, 6.07) is 14.5. The Morgan fingerprint density at radius 2 is 1.47 bits per heavy atom. The lowest BCUT2D eigenvalue weighted by Crippen LogP contribution is -2.60. The van der Waals surface area contributed by atoms with Gasteiger partial charge in [0.2, 0.25) is 41.4 Å². The Kier molecular flexibility index (Phi) is 15.8. The lowest BCUT2D eigenvalue weighted by molar-refractivity contribution is -0.142. The number of carbonyl (C=O) groups is 7. The highest BCUT2D eigenvalue weighted by atomic mass is 32.1. The first kappa shape index (κ1) is 46.0. The summed E-state index contributed by atoms with van der Waals surface area (Å²) >= 11 is 1.45. The van der Waals surface area contributed by atoms with Gasteiger partial charge in [-0.15, -0.1) is 11.3 Å². The lowest BCUT2D eigenvalue weighted by atomic mass is 9.84. The average molecular weight is 893 g/mol. The van der Waals surface area contributed by atoms with Crippen LogP contribution in [0.3, 0.4) is 0 Å². The molecule has 1 aliphatic carbocycles. The van der Waals surface area contributed by atoms with Crippen LogP contribution in [0, 0.1) is 5.92 Å². The molecule has 4 aromatic rings. The van der Waals surface area contributed by atoms with E-state index in [0.29, 0.717) is 19.3 Å². The van der Waals surface area contributed by atoms with E-state index in [4.69, 9.17) is 0 Å². The molecule has 3 fully saturated rings. The van der Waals surface area contributed by atoms with Gasteiger partial charge in [-0.3, -0.25) is 33.6 Å². The lowest BCUT2D eigenvalue weighted by Gasteiger charge is -2.32. The number of rotatable bonds is 11. The molecule has 2 aliphatic heterocycles. The van der Waals surface area contributed by atoms with Crippen LogP contribution in [0.1, 0.15) is 87.1 Å². The predicted octanol–water partition coefficient (Wildman–Crippen LogP) is 3.57. The number of H-pyrrole nitrogens is 1. The average Bonchev–Trinajstić information content (AvgIpc) is 4.09. The number of hydrogen-bond donors (Lipinski definition) is 7. The number of hydrogen-bond acceptors (Lipinski definition) is 8. The van der Waals surface area contributed by atoms with Gasteiger partial charge < -0.3 is 41.8 Å². The van der Waals surface area contributed by atoms with Crippen molar-refractivity contribution in [1.82, 2.24) is 41.8 Å². The van der Waals surface area contributed by atoms with Crippen LogP contribution in [-0.2, 0) is 52.8 Å². The number of nitrogens with zero attached hydrogens (tertiary/aromatic N) is 1. The topological polar surface area (TPSA) is 211 Å². The summed E-state index contributed by atoms with van der Waals surface area (Å²) in [5.41, 5.74) is 2.49. The van der Waals surface area contributed by atoms with Gasteiger partial charge in [-0.25, -0.2) is 0 Å². The maximum atomic E-state index is 14.6. The number of aromatic amines is 1. The quantitative estimate of drug-likeness (QED) is 0.119. The molecular weight excluding hydrogens is 833 g/mol. The Hall–Kier alpha value is -6.03. The van der Waals surface area contributed by atoms with Crippen LogP contribution in [0.5, 0.6) is 0 Å². The summed E-state index contributed by atoms with van der Waals surface area (Å²) in [6.45, 7) is 1.69. The summed E-state index contributed by atoms with van der Waals surface area (Å²) in [5, 5.41) is 20.3. The summed E-state index contributed by atoms with van der Waals surface area (Å²) in [4.78, 5) is 104. The molecule has 3 aliphatic rings. The second-order valence-corrected chi connectivity index (χ2v) is 18.4. The maximum Gasteiger partial charge on any atom is 0.245 e. The molecular formula is C48H60N8O7S. The van der Waals surface area contributed by atoms with E-state index in [1.54, 1.807) is 0 Å². The monoisotopic (exact) mass is 892 g/mol. The van der Waals surface area contributed by atoms with Gasteiger partial charge >= 0.3 is 0 Å². The molecule has 7 N–H and O–H groups in total. The number of carbonyl (C=O) groups excluding carboxylic acids is 7. The minimum absolute atomic E-state index is 0.106. The van der Waals surface area contributed by atoms with Crippen molar-refractivity contribution in [3.05, 3.63) is 94.3 Å². The van der Waals surface area contributed by atoms with Crippen molar-refractivity contribution in [2.24, 2.45) is 5.92 Å². The predicted molar refractivity (Wildman–Crippen MR) is 244 cm³/mol. The second kappa shape index (κ2) is 22.0. The van der Waals surface area contributed by atoms with Crippen LogP contribution < -0.4 is 31.9 Å². The molecule has 0 bridgehead atoms. The zero-order valence-electron chi connectivity index (χ0n) is 36.4. The number of thiophene rings is 1. The van der Waals surface area contributed by atoms with E-state index in [2.05, 4.69) is 36.9 Å². The second-order valence-electron chi connectivity index (χ2n) is 17.4. The fourth-order valence-corrected chi connectivity index (χ4v) is 10.1. The van der Waals surface area contributed by atoms with Crippen LogP contribution in [0.15, 0.2) is 78.3 Å². The summed E-state index contributed by atoms with van der Waals surface area (Å²) in [5.74, 6) is -3.26. The van der Waals surface area contributed by atoms with Crippen LogP contribution in [0.4, 0.5) is 0 Å². The zero-order chi connectivity index (χ0) is 45.0. The van der Waals surface area contributed by atoms with E-state index < -0.39 is 77.6 Å². The Morgan fingerprint density at radius 3 is 2.22 bits per heavy atom. The molecule has 15 nitrogen and oxygen atoms in total. The van der Waals surface area contributed by atoms with Crippen molar-refractivity contribution in [3.8, 4) is 0 Å². The Bertz CT molecular complexity index is 2260. The molecule has 4 heterocycles. The van der Waals surface area contributed by atoms with Crippen LogP contribution in [-0.4, -0.2) is 101 Å². The maximum absolute atomic E-state index is 14.6. The zero-order valence-corrected chi connectivity index (χ0v) is 37.2. The van der Waals surface area contributed by atoms with Crippen molar-refractivity contribution in [3.63, 3.8) is 0 Å². The molecule has 6 atom stereocenters. The number of benzene rings is 2. The number of nitrogens with one attached hydrogen (secondary N) is 7. The van der Waals surface area contributed by atoms with Gasteiger partial charge in [0.15, 0.2) is 0 Å². The van der Waals surface area contributed by atoms with Crippen molar-refractivity contribution >= 4 is 63.6 Å². The number of amides is 7. The van der Waals surface area contributed by atoms with Gasteiger partial charge in [0, 0.05) is 61.3 Å². The van der Waals surface area contributed by atoms with Gasteiger partial charge in [-0.2, -0.15) is 0 Å². The van der Waals surface area contributed by atoms with Crippen molar-refractivity contribution < 1.29 is 33.6 Å². The molecule has 2 saturated heterocycles. The molecule has 2 aromatic carbocycles. The van der Waals surface area contributed by atoms with E-state index in [1.165, 1.54) is 23.2 Å². The third-order valence-corrected chi connectivity index (χ3v) is 13.6. The van der Waals surface area contributed by atoms with Gasteiger partial charge in [0.1, 0.15) is 36.3 Å². The van der Waals surface area contributed by atoms with Crippen LogP contribution in [0.2, 0.25) is 0 Å². The SMILES string of the molecule is CC(=O)N[C@@H](Cc1ccccc1)C(=O)N[C@H]1CCCNC(=O)[C@H](Cc2cccs2)NC(=O)[C@H](Cc2c[nH]c3ccccc23)NC(=O)[C@@H](CC2CCCCC2)NC(=O)[C@@H]2CCCN2C1=O. The number of aromatic nitrogens is 1. The molecule has 7 amide bonds. The molecule has 1 saturated carbocycles. The van der Waals surface area contributed by atoms with Crippen molar-refractivity contribution in [1.29, 1.82) is 0 Å². The third-order valence-electron chi connectivity index (χ3n) is 12.7. The van der Waals surface area contributed by atoms with Crippen LogP contribution in [0.25, 0.3) is 10.9 Å². The minimum atomic E-state index is -1.10. The molecule has 2 aromatic heterocycles. The third kappa shape index (κ3) is 12.2. The number of fused-ring (bicyclic) bond motifs is 2. The summed E-state index contributed by atoms with van der Waals surface area (Å²) < 4.78 is 0. The largest absolute Gasteiger partial charge is 0.361 e. The van der Waals surface area contributed by atoms with Gasteiger partial charge in [-0.1, -0.05) is 86.7 Å². The Morgan fingerprint density at radius 1 is 0.750 bits per heavy atom. The van der Waals surface area contributed by atoms with Gasteiger partial charge in [0.05, 0.1) is 0 Å². The Balaban J connectivity index is 1.19. The van der Waals surface area contributed by atoms with E-state index in [-0.39, 0.29) is 51.1 Å². The smallest absolute Gasteiger partial charge is 0.245 e. The number of para-hydroxylation sites is 1. The van der Waals surface area contributed by atoms with Gasteiger partial charge in [0.25, 0.3) is 0 Å². The molecule has 0 unspecified atom stereocenters. The molecule has 340 valence electrons. The highest BCUT2D eigenvalue weighted by Gasteiger charge is 2.40. The van der Waals surface area contributed by atoms with Crippen molar-refractivity contribution in [2.75, 3.05) is 13.1 Å². The fraction of sp³-hybridized carbons (Fsp3) is 0.479. The van der Waals surface area contributed by atoms with Crippen LogP contribution >= 0.6 is 11.3 Å². The normalized spacial score (nSPS) is 23.7. The van der Waals surface area contributed by atoms with Gasteiger partial charge in [-0.05, 0) is 66.7 Å². The van der Waals surface area contributed by atoms with Crippen molar-refractivity contribution in [2.45, 2.75) is 127 Å². The van der Waals surface area contributed by atoms with E-state index in [9.17, 15) is 33.6 Å². The molecule has 0 radical (unpaired) electrons. The molecule has 64 heavy (non-hydrogen) atoms. The first-order valence-electron chi connectivity index (χ1n) is 22.7.